The minimum atomic E-state index is -3.55. The smallest absolute Gasteiger partial charge is 0.244 e. The Balaban J connectivity index is 1.45. The highest BCUT2D eigenvalue weighted by Gasteiger charge is 2.30. The van der Waals surface area contributed by atoms with Gasteiger partial charge in [-0.1, -0.05) is 42.5 Å². The van der Waals surface area contributed by atoms with Crippen molar-refractivity contribution in [3.8, 4) is 11.4 Å². The topological polar surface area (TPSA) is 88.4 Å². The lowest BCUT2D eigenvalue weighted by molar-refractivity contribution is -0.133. The summed E-state index contributed by atoms with van der Waals surface area (Å²) in [6.07, 6.45) is 0. The molecule has 8 nitrogen and oxygen atoms in total. The van der Waals surface area contributed by atoms with Crippen molar-refractivity contribution in [2.45, 2.75) is 25.3 Å². The van der Waals surface area contributed by atoms with Crippen LogP contribution in [0.25, 0.3) is 11.4 Å². The lowest BCUT2D eigenvalue weighted by atomic mass is 10.1. The molecule has 2 heterocycles. The molecule has 0 bridgehead atoms. The molecule has 0 N–H and O–H groups in total. The fourth-order valence-corrected chi connectivity index (χ4v) is 5.18. The Morgan fingerprint density at radius 1 is 0.935 bits per heavy atom. The molecule has 0 aliphatic carbocycles. The maximum Gasteiger partial charge on any atom is 0.244 e. The van der Waals surface area contributed by atoms with Crippen molar-refractivity contribution in [1.29, 1.82) is 0 Å². The van der Waals surface area contributed by atoms with Crippen molar-refractivity contribution in [2.75, 3.05) is 26.2 Å². The van der Waals surface area contributed by atoms with Crippen LogP contribution in [0, 0.1) is 13.8 Å². The van der Waals surface area contributed by atoms with E-state index >= 15 is 0 Å². The zero-order chi connectivity index (χ0) is 22.0. The average molecular weight is 440 g/mol. The van der Waals surface area contributed by atoms with Gasteiger partial charge in [0.05, 0.1) is 4.90 Å². The Morgan fingerprint density at radius 3 is 2.26 bits per heavy atom. The van der Waals surface area contributed by atoms with Crippen molar-refractivity contribution in [2.24, 2.45) is 0 Å². The molecule has 31 heavy (non-hydrogen) atoms. The van der Waals surface area contributed by atoms with Crippen LogP contribution in [0.1, 0.15) is 11.4 Å². The minimum absolute atomic E-state index is 0.0654. The van der Waals surface area contributed by atoms with E-state index in [2.05, 4.69) is 10.1 Å². The first kappa shape index (κ1) is 21.2. The van der Waals surface area contributed by atoms with Gasteiger partial charge in [0, 0.05) is 31.7 Å². The molecule has 9 heteroatoms. The molecule has 0 radical (unpaired) electrons. The molecule has 1 fully saturated rings. The molecule has 0 spiro atoms. The Labute approximate surface area is 182 Å². The SMILES string of the molecule is Cc1nc(-c2ccccc2C)n(CC(=O)N2CCN(S(=O)(=O)c3ccccc3)CC2)n1. The molecule has 1 aliphatic heterocycles. The van der Waals surface area contributed by atoms with Gasteiger partial charge in [-0.3, -0.25) is 4.79 Å². The van der Waals surface area contributed by atoms with E-state index in [-0.39, 0.29) is 30.4 Å². The number of hydrogen-bond acceptors (Lipinski definition) is 5. The molecule has 0 atom stereocenters. The average Bonchev–Trinajstić information content (AvgIpc) is 3.14. The highest BCUT2D eigenvalue weighted by atomic mass is 32.2. The van der Waals surface area contributed by atoms with Crippen LogP contribution >= 0.6 is 0 Å². The number of benzene rings is 2. The molecule has 3 aromatic rings. The zero-order valence-electron chi connectivity index (χ0n) is 17.6. The van der Waals surface area contributed by atoms with E-state index < -0.39 is 10.0 Å². The molecular weight excluding hydrogens is 414 g/mol. The second kappa shape index (κ2) is 8.60. The van der Waals surface area contributed by atoms with Crippen molar-refractivity contribution >= 4 is 15.9 Å². The van der Waals surface area contributed by atoms with Gasteiger partial charge in [-0.05, 0) is 31.5 Å². The standard InChI is InChI=1S/C22H25N5O3S/c1-17-8-6-7-11-20(17)22-23-18(2)24-27(22)16-21(28)25-12-14-26(15-13-25)31(29,30)19-9-4-3-5-10-19/h3-11H,12-16H2,1-2H3. The third-order valence-corrected chi connectivity index (χ3v) is 7.33. The van der Waals surface area contributed by atoms with E-state index in [4.69, 9.17) is 0 Å². The predicted molar refractivity (Wildman–Crippen MR) is 117 cm³/mol. The van der Waals surface area contributed by atoms with E-state index in [0.29, 0.717) is 24.7 Å². The van der Waals surface area contributed by atoms with Crippen LogP contribution in [0.15, 0.2) is 59.5 Å². The largest absolute Gasteiger partial charge is 0.338 e. The summed E-state index contributed by atoms with van der Waals surface area (Å²) in [4.78, 5) is 19.4. The first-order valence-corrected chi connectivity index (χ1v) is 11.6. The number of piperazine rings is 1. The number of amides is 1. The van der Waals surface area contributed by atoms with Crippen molar-refractivity contribution in [3.63, 3.8) is 0 Å². The van der Waals surface area contributed by atoms with E-state index in [0.717, 1.165) is 11.1 Å². The second-order valence-corrected chi connectivity index (χ2v) is 9.49. The van der Waals surface area contributed by atoms with Crippen LogP contribution in [-0.2, 0) is 21.4 Å². The number of carbonyl (C=O) groups excluding carboxylic acids is 1. The number of aromatic nitrogens is 3. The molecule has 162 valence electrons. The summed E-state index contributed by atoms with van der Waals surface area (Å²) < 4.78 is 28.6. The zero-order valence-corrected chi connectivity index (χ0v) is 18.4. The maximum atomic E-state index is 12.9. The molecule has 1 saturated heterocycles. The fraction of sp³-hybridized carbons (Fsp3) is 0.318. The summed E-state index contributed by atoms with van der Waals surface area (Å²) in [5.74, 6) is 1.16. The third kappa shape index (κ3) is 4.38. The van der Waals surface area contributed by atoms with Crippen LogP contribution in [0.4, 0.5) is 0 Å². The summed E-state index contributed by atoms with van der Waals surface area (Å²) in [5.41, 5.74) is 2.00. The van der Waals surface area contributed by atoms with Crippen LogP contribution in [0.3, 0.4) is 0 Å². The summed E-state index contributed by atoms with van der Waals surface area (Å²) >= 11 is 0. The van der Waals surface area contributed by atoms with E-state index in [1.807, 2.05) is 31.2 Å². The van der Waals surface area contributed by atoms with Crippen LogP contribution in [-0.4, -0.2) is 64.5 Å². The molecule has 4 rings (SSSR count). The van der Waals surface area contributed by atoms with Gasteiger partial charge >= 0.3 is 0 Å². The summed E-state index contributed by atoms with van der Waals surface area (Å²) in [7, 11) is -3.55. The first-order chi connectivity index (χ1) is 14.9. The van der Waals surface area contributed by atoms with Crippen molar-refractivity contribution in [3.05, 3.63) is 66.0 Å². The highest BCUT2D eigenvalue weighted by Crippen LogP contribution is 2.22. The minimum Gasteiger partial charge on any atom is -0.338 e. The molecule has 1 aromatic heterocycles. The van der Waals surface area contributed by atoms with Crippen LogP contribution < -0.4 is 0 Å². The number of hydrogen-bond donors (Lipinski definition) is 0. The molecule has 1 amide bonds. The van der Waals surface area contributed by atoms with Gasteiger partial charge in [0.2, 0.25) is 15.9 Å². The fourth-order valence-electron chi connectivity index (χ4n) is 3.74. The highest BCUT2D eigenvalue weighted by molar-refractivity contribution is 7.89. The summed E-state index contributed by atoms with van der Waals surface area (Å²) in [6.45, 7) is 5.09. The molecular formula is C22H25N5O3S. The number of rotatable bonds is 5. The lowest BCUT2D eigenvalue weighted by Gasteiger charge is -2.34. The Bertz CT molecular complexity index is 1180. The van der Waals surface area contributed by atoms with Gasteiger partial charge in [0.15, 0.2) is 5.82 Å². The Morgan fingerprint density at radius 2 is 1.58 bits per heavy atom. The third-order valence-electron chi connectivity index (χ3n) is 5.42. The van der Waals surface area contributed by atoms with Gasteiger partial charge in [-0.25, -0.2) is 18.1 Å². The number of carbonyl (C=O) groups is 1. The monoisotopic (exact) mass is 439 g/mol. The number of aryl methyl sites for hydroxylation is 2. The molecule has 0 saturated carbocycles. The van der Waals surface area contributed by atoms with Gasteiger partial charge < -0.3 is 4.90 Å². The summed E-state index contributed by atoms with van der Waals surface area (Å²) in [6, 6.07) is 16.2. The van der Waals surface area contributed by atoms with Gasteiger partial charge in [0.25, 0.3) is 0 Å². The number of nitrogens with zero attached hydrogens (tertiary/aromatic N) is 5. The van der Waals surface area contributed by atoms with Gasteiger partial charge in [-0.15, -0.1) is 0 Å². The Hall–Kier alpha value is -3.04. The lowest BCUT2D eigenvalue weighted by Crippen LogP contribution is -2.51. The maximum absolute atomic E-state index is 12.9. The predicted octanol–water partition coefficient (Wildman–Crippen LogP) is 2.10. The number of sulfonamides is 1. The van der Waals surface area contributed by atoms with Gasteiger partial charge in [-0.2, -0.15) is 9.40 Å². The van der Waals surface area contributed by atoms with Crippen molar-refractivity contribution in [1.82, 2.24) is 24.0 Å². The quantitative estimate of drug-likeness (QED) is 0.607. The molecule has 1 aliphatic rings. The summed E-state index contributed by atoms with van der Waals surface area (Å²) in [5, 5.41) is 4.41. The first-order valence-electron chi connectivity index (χ1n) is 10.2. The van der Waals surface area contributed by atoms with Gasteiger partial charge in [0.1, 0.15) is 12.4 Å². The van der Waals surface area contributed by atoms with E-state index in [1.165, 1.54) is 4.31 Å². The van der Waals surface area contributed by atoms with Crippen molar-refractivity contribution < 1.29 is 13.2 Å². The molecule has 2 aromatic carbocycles. The second-order valence-electron chi connectivity index (χ2n) is 7.55. The molecule has 0 unspecified atom stereocenters. The Kier molecular flexibility index (Phi) is 5.88. The van der Waals surface area contributed by atoms with E-state index in [1.54, 1.807) is 46.8 Å². The van der Waals surface area contributed by atoms with Crippen LogP contribution in [0.5, 0.6) is 0 Å². The normalized spacial score (nSPS) is 15.2. The van der Waals surface area contributed by atoms with E-state index in [9.17, 15) is 13.2 Å². The van der Waals surface area contributed by atoms with Crippen LogP contribution in [0.2, 0.25) is 0 Å².